The largest absolute Gasteiger partial charge is 0.308 e. The van der Waals surface area contributed by atoms with Gasteiger partial charge in [-0.1, -0.05) is 55.8 Å². The smallest absolute Gasteiger partial charge is 0.260 e. The minimum atomic E-state index is 0.0370. The number of rotatable bonds is 4. The van der Waals surface area contributed by atoms with Crippen molar-refractivity contribution in [3.8, 4) is 11.3 Å². The molecule has 3 heteroatoms. The molecule has 4 rings (SSSR count). The van der Waals surface area contributed by atoms with Gasteiger partial charge in [-0.15, -0.1) is 0 Å². The summed E-state index contributed by atoms with van der Waals surface area (Å²) in [6.07, 6.45) is 2.04. The van der Waals surface area contributed by atoms with E-state index in [-0.39, 0.29) is 5.56 Å². The fourth-order valence-corrected chi connectivity index (χ4v) is 3.27. The minimum absolute atomic E-state index is 0.0370. The van der Waals surface area contributed by atoms with Crippen molar-refractivity contribution in [2.75, 3.05) is 0 Å². The fourth-order valence-electron chi connectivity index (χ4n) is 3.27. The maximum absolute atomic E-state index is 13.1. The molecule has 0 aliphatic carbocycles. The van der Waals surface area contributed by atoms with E-state index in [9.17, 15) is 4.79 Å². The Kier molecular flexibility index (Phi) is 4.06. The van der Waals surface area contributed by atoms with Crippen molar-refractivity contribution >= 4 is 21.8 Å². The molecule has 0 fully saturated rings. The van der Waals surface area contributed by atoms with E-state index < -0.39 is 0 Å². The quantitative estimate of drug-likeness (QED) is 0.527. The number of hydrogen-bond donors (Lipinski definition) is 0. The van der Waals surface area contributed by atoms with Gasteiger partial charge in [-0.05, 0) is 36.1 Å². The van der Waals surface area contributed by atoms with Gasteiger partial charge in [-0.25, -0.2) is 4.98 Å². The third-order valence-corrected chi connectivity index (χ3v) is 4.61. The molecule has 4 aromatic rings. The highest BCUT2D eigenvalue weighted by atomic mass is 16.1. The Morgan fingerprint density at radius 2 is 1.68 bits per heavy atom. The first-order valence-corrected chi connectivity index (χ1v) is 8.76. The number of para-hydroxylation sites is 2. The number of aryl methyl sites for hydroxylation is 1. The highest BCUT2D eigenvalue weighted by molar-refractivity contribution is 5.86. The Labute approximate surface area is 146 Å². The number of fused-ring (bicyclic) bond motifs is 2. The third-order valence-electron chi connectivity index (χ3n) is 4.61. The molecule has 0 aliphatic heterocycles. The summed E-state index contributed by atoms with van der Waals surface area (Å²) in [5.41, 5.74) is 3.34. The molecule has 0 bridgehead atoms. The molecule has 0 spiro atoms. The highest BCUT2D eigenvalue weighted by Gasteiger charge is 2.12. The van der Waals surface area contributed by atoms with Crippen molar-refractivity contribution in [2.45, 2.75) is 26.3 Å². The van der Waals surface area contributed by atoms with Crippen LogP contribution < -0.4 is 5.56 Å². The molecule has 124 valence electrons. The molecule has 0 atom stereocenters. The van der Waals surface area contributed by atoms with Crippen molar-refractivity contribution < 1.29 is 0 Å². The van der Waals surface area contributed by atoms with Gasteiger partial charge in [-0.2, -0.15) is 0 Å². The first kappa shape index (κ1) is 15.6. The van der Waals surface area contributed by atoms with Crippen LogP contribution in [0.1, 0.15) is 19.8 Å². The first-order valence-electron chi connectivity index (χ1n) is 8.76. The van der Waals surface area contributed by atoms with Crippen LogP contribution in [0, 0.1) is 0 Å². The summed E-state index contributed by atoms with van der Waals surface area (Å²) >= 11 is 0. The van der Waals surface area contributed by atoms with Gasteiger partial charge in [0, 0.05) is 11.9 Å². The van der Waals surface area contributed by atoms with Crippen LogP contribution in [0.2, 0.25) is 0 Å². The number of unbranched alkanes of at least 4 members (excludes halogenated alkanes) is 1. The Morgan fingerprint density at radius 1 is 0.920 bits per heavy atom. The number of aromatic nitrogens is 2. The molecule has 0 saturated heterocycles. The standard InChI is InChI=1S/C22H20N2O/c1-2-3-14-24-21-11-7-5-9-17(21)15-18(22(24)25)20-13-12-16-8-4-6-10-19(16)23-20/h4-13,15H,2-3,14H2,1H3. The van der Waals surface area contributed by atoms with Gasteiger partial charge in [0.1, 0.15) is 0 Å². The number of hydrogen-bond acceptors (Lipinski definition) is 2. The number of benzene rings is 2. The summed E-state index contributed by atoms with van der Waals surface area (Å²) < 4.78 is 1.89. The molecular weight excluding hydrogens is 308 g/mol. The molecule has 3 nitrogen and oxygen atoms in total. The topological polar surface area (TPSA) is 34.9 Å². The Balaban J connectivity index is 1.96. The second kappa shape index (κ2) is 6.52. The lowest BCUT2D eigenvalue weighted by molar-refractivity contribution is 0.632. The van der Waals surface area contributed by atoms with E-state index >= 15 is 0 Å². The van der Waals surface area contributed by atoms with Crippen LogP contribution >= 0.6 is 0 Å². The lowest BCUT2D eigenvalue weighted by Gasteiger charge is -2.13. The summed E-state index contributed by atoms with van der Waals surface area (Å²) in [6, 6.07) is 22.0. The minimum Gasteiger partial charge on any atom is -0.308 e. The lowest BCUT2D eigenvalue weighted by Crippen LogP contribution is -2.22. The lowest BCUT2D eigenvalue weighted by atomic mass is 10.1. The first-order chi connectivity index (χ1) is 12.3. The average molecular weight is 328 g/mol. The predicted octanol–water partition coefficient (Wildman–Crippen LogP) is 5.02. The zero-order valence-electron chi connectivity index (χ0n) is 14.3. The van der Waals surface area contributed by atoms with E-state index in [2.05, 4.69) is 13.0 Å². The second-order valence-corrected chi connectivity index (χ2v) is 6.32. The fraction of sp³-hybridized carbons (Fsp3) is 0.182. The van der Waals surface area contributed by atoms with Crippen LogP contribution in [-0.2, 0) is 6.54 Å². The summed E-state index contributed by atoms with van der Waals surface area (Å²) in [5, 5.41) is 2.15. The van der Waals surface area contributed by atoms with Crippen LogP contribution in [-0.4, -0.2) is 9.55 Å². The Morgan fingerprint density at radius 3 is 2.52 bits per heavy atom. The van der Waals surface area contributed by atoms with E-state index in [1.165, 1.54) is 0 Å². The van der Waals surface area contributed by atoms with Crippen LogP contribution in [0.15, 0.2) is 71.5 Å². The molecular formula is C22H20N2O. The zero-order chi connectivity index (χ0) is 17.2. The molecule has 0 saturated carbocycles. The maximum Gasteiger partial charge on any atom is 0.260 e. The van der Waals surface area contributed by atoms with Crippen molar-refractivity contribution in [2.24, 2.45) is 0 Å². The SMILES string of the molecule is CCCCn1c(=O)c(-c2ccc3ccccc3n2)cc2ccccc21. The van der Waals surface area contributed by atoms with Crippen molar-refractivity contribution in [3.05, 3.63) is 77.1 Å². The number of pyridine rings is 2. The van der Waals surface area contributed by atoms with Gasteiger partial charge in [-0.3, -0.25) is 4.79 Å². The van der Waals surface area contributed by atoms with Crippen LogP contribution in [0.4, 0.5) is 0 Å². The van der Waals surface area contributed by atoms with Crippen LogP contribution in [0.3, 0.4) is 0 Å². The Bertz CT molecular complexity index is 1110. The molecule has 0 aliphatic rings. The second-order valence-electron chi connectivity index (χ2n) is 6.32. The number of nitrogens with zero attached hydrogens (tertiary/aromatic N) is 2. The summed E-state index contributed by atoms with van der Waals surface area (Å²) in [4.78, 5) is 17.9. The summed E-state index contributed by atoms with van der Waals surface area (Å²) in [6.45, 7) is 2.87. The van der Waals surface area contributed by atoms with Gasteiger partial charge in [0.15, 0.2) is 0 Å². The van der Waals surface area contributed by atoms with Crippen molar-refractivity contribution in [1.29, 1.82) is 0 Å². The van der Waals surface area contributed by atoms with Gasteiger partial charge in [0.25, 0.3) is 5.56 Å². The van der Waals surface area contributed by atoms with Gasteiger partial charge in [0.05, 0.1) is 22.3 Å². The highest BCUT2D eigenvalue weighted by Crippen LogP contribution is 2.22. The third kappa shape index (κ3) is 2.82. The molecule has 2 aromatic heterocycles. The van der Waals surface area contributed by atoms with E-state index in [4.69, 9.17) is 4.98 Å². The molecule has 0 amide bonds. The van der Waals surface area contributed by atoms with Gasteiger partial charge < -0.3 is 4.57 Å². The van der Waals surface area contributed by atoms with E-state index in [1.54, 1.807) is 0 Å². The van der Waals surface area contributed by atoms with Crippen LogP contribution in [0.5, 0.6) is 0 Å². The summed E-state index contributed by atoms with van der Waals surface area (Å²) in [5.74, 6) is 0. The Hall–Kier alpha value is -2.94. The van der Waals surface area contributed by atoms with Crippen molar-refractivity contribution in [3.63, 3.8) is 0 Å². The summed E-state index contributed by atoms with van der Waals surface area (Å²) in [7, 11) is 0. The van der Waals surface area contributed by atoms with Crippen molar-refractivity contribution in [1.82, 2.24) is 9.55 Å². The molecule has 25 heavy (non-hydrogen) atoms. The molecule has 0 N–H and O–H groups in total. The maximum atomic E-state index is 13.1. The molecule has 2 aromatic carbocycles. The van der Waals surface area contributed by atoms with Gasteiger partial charge >= 0.3 is 0 Å². The normalized spacial score (nSPS) is 11.2. The van der Waals surface area contributed by atoms with E-state index in [0.29, 0.717) is 5.56 Å². The predicted molar refractivity (Wildman–Crippen MR) is 104 cm³/mol. The van der Waals surface area contributed by atoms with E-state index in [1.807, 2.05) is 65.2 Å². The van der Waals surface area contributed by atoms with E-state index in [0.717, 1.165) is 46.9 Å². The monoisotopic (exact) mass is 328 g/mol. The molecule has 0 radical (unpaired) electrons. The van der Waals surface area contributed by atoms with Gasteiger partial charge in [0.2, 0.25) is 0 Å². The molecule has 0 unspecified atom stereocenters. The molecule has 2 heterocycles. The van der Waals surface area contributed by atoms with Crippen LogP contribution in [0.25, 0.3) is 33.1 Å². The zero-order valence-corrected chi connectivity index (χ0v) is 14.3. The average Bonchev–Trinajstić information content (AvgIpc) is 2.66.